The van der Waals surface area contributed by atoms with E-state index in [1.807, 2.05) is 11.3 Å². The summed E-state index contributed by atoms with van der Waals surface area (Å²) in [6, 6.07) is 2.73. The van der Waals surface area contributed by atoms with Crippen molar-refractivity contribution >= 4 is 23.1 Å². The Hall–Kier alpha value is -0.0300. The monoisotopic (exact) mass is 284 g/mol. The molecule has 0 spiro atoms. The van der Waals surface area contributed by atoms with Crippen LogP contribution in [0, 0.1) is 13.8 Å². The molecule has 2 N–H and O–H groups in total. The fraction of sp³-hybridized carbons (Fsp3) is 0.714. The lowest BCUT2D eigenvalue weighted by Crippen LogP contribution is -2.44. The first-order valence-corrected chi connectivity index (χ1v) is 8.43. The van der Waals surface area contributed by atoms with Gasteiger partial charge in [0, 0.05) is 45.9 Å². The van der Waals surface area contributed by atoms with Crippen LogP contribution in [0.15, 0.2) is 6.07 Å². The third-order valence-electron chi connectivity index (χ3n) is 3.55. The summed E-state index contributed by atoms with van der Waals surface area (Å²) in [4.78, 5) is 5.41. The Labute approximate surface area is 119 Å². The van der Waals surface area contributed by atoms with Gasteiger partial charge in [0.1, 0.15) is 0 Å². The second-order valence-corrected chi connectivity index (χ2v) is 8.67. The smallest absolute Gasteiger partial charge is 0.0482 e. The van der Waals surface area contributed by atoms with Crippen LogP contribution in [0.2, 0.25) is 0 Å². The van der Waals surface area contributed by atoms with E-state index < -0.39 is 0 Å². The van der Waals surface area contributed by atoms with Gasteiger partial charge in [0.25, 0.3) is 0 Å². The predicted molar refractivity (Wildman–Crippen MR) is 83.7 cm³/mol. The highest BCUT2D eigenvalue weighted by atomic mass is 32.2. The van der Waals surface area contributed by atoms with Gasteiger partial charge in [-0.05, 0) is 25.5 Å². The predicted octanol–water partition coefficient (Wildman–Crippen LogP) is 3.19. The van der Waals surface area contributed by atoms with Crippen molar-refractivity contribution in [1.29, 1.82) is 0 Å². The molecule has 0 saturated carbocycles. The second kappa shape index (κ2) is 5.95. The third-order valence-corrected chi connectivity index (χ3v) is 5.76. The van der Waals surface area contributed by atoms with E-state index in [9.17, 15) is 0 Å². The molecule has 3 atom stereocenters. The molecular weight excluding hydrogens is 260 g/mol. The minimum absolute atomic E-state index is 0.403. The molecule has 1 aliphatic rings. The summed E-state index contributed by atoms with van der Waals surface area (Å²) >= 11 is 3.99. The highest BCUT2D eigenvalue weighted by molar-refractivity contribution is 8.00. The summed E-state index contributed by atoms with van der Waals surface area (Å²) in [5, 5.41) is 1.42. The SMILES string of the molecule is Cc1cc(C(CN)N2CC(C)SC(C)C2)c(C)s1. The van der Waals surface area contributed by atoms with Crippen molar-refractivity contribution in [1.82, 2.24) is 4.90 Å². The molecule has 3 unspecified atom stereocenters. The molecule has 1 saturated heterocycles. The van der Waals surface area contributed by atoms with Crippen molar-refractivity contribution in [3.63, 3.8) is 0 Å². The molecule has 0 aliphatic carbocycles. The zero-order valence-electron chi connectivity index (χ0n) is 11.8. The number of aryl methyl sites for hydroxylation is 2. The fourth-order valence-electron chi connectivity index (χ4n) is 2.93. The molecule has 0 amide bonds. The largest absolute Gasteiger partial charge is 0.329 e. The van der Waals surface area contributed by atoms with Crippen LogP contribution in [0.1, 0.15) is 35.2 Å². The van der Waals surface area contributed by atoms with Crippen molar-refractivity contribution in [3.8, 4) is 0 Å². The molecule has 2 nitrogen and oxygen atoms in total. The molecule has 1 aromatic heterocycles. The number of thioether (sulfide) groups is 1. The lowest BCUT2D eigenvalue weighted by atomic mass is 10.1. The lowest BCUT2D eigenvalue weighted by Gasteiger charge is -2.39. The topological polar surface area (TPSA) is 29.3 Å². The molecule has 0 bridgehead atoms. The molecule has 1 aliphatic heterocycles. The first-order valence-electron chi connectivity index (χ1n) is 6.67. The van der Waals surface area contributed by atoms with Crippen molar-refractivity contribution in [2.24, 2.45) is 5.73 Å². The number of nitrogens with zero attached hydrogens (tertiary/aromatic N) is 1. The number of hydrogen-bond donors (Lipinski definition) is 1. The van der Waals surface area contributed by atoms with Crippen LogP contribution in [-0.2, 0) is 0 Å². The third kappa shape index (κ3) is 3.10. The molecule has 18 heavy (non-hydrogen) atoms. The maximum absolute atomic E-state index is 6.06. The minimum Gasteiger partial charge on any atom is -0.329 e. The van der Waals surface area contributed by atoms with Crippen LogP contribution >= 0.6 is 23.1 Å². The van der Waals surface area contributed by atoms with Gasteiger partial charge in [-0.3, -0.25) is 4.90 Å². The molecule has 2 heterocycles. The van der Waals surface area contributed by atoms with Crippen LogP contribution in [0.25, 0.3) is 0 Å². The van der Waals surface area contributed by atoms with Crippen LogP contribution in [0.3, 0.4) is 0 Å². The van der Waals surface area contributed by atoms with Gasteiger partial charge in [0.15, 0.2) is 0 Å². The Morgan fingerprint density at radius 2 is 1.94 bits per heavy atom. The van der Waals surface area contributed by atoms with Crippen LogP contribution in [0.4, 0.5) is 0 Å². The first kappa shape index (κ1) is 14.4. The first-order chi connectivity index (χ1) is 8.51. The molecular formula is C14H24N2S2. The van der Waals surface area contributed by atoms with E-state index in [0.717, 1.165) is 19.6 Å². The van der Waals surface area contributed by atoms with Crippen molar-refractivity contribution in [2.75, 3.05) is 19.6 Å². The van der Waals surface area contributed by atoms with E-state index in [0.29, 0.717) is 16.5 Å². The van der Waals surface area contributed by atoms with Gasteiger partial charge in [0.2, 0.25) is 0 Å². The van der Waals surface area contributed by atoms with Gasteiger partial charge in [-0.1, -0.05) is 13.8 Å². The van der Waals surface area contributed by atoms with Crippen LogP contribution in [0.5, 0.6) is 0 Å². The summed E-state index contributed by atoms with van der Waals surface area (Å²) in [5.41, 5.74) is 7.51. The highest BCUT2D eigenvalue weighted by Crippen LogP contribution is 2.34. The van der Waals surface area contributed by atoms with Crippen LogP contribution in [-0.4, -0.2) is 35.0 Å². The average molecular weight is 284 g/mol. The average Bonchev–Trinajstić information content (AvgIpc) is 2.58. The Morgan fingerprint density at radius 3 is 2.39 bits per heavy atom. The van der Waals surface area contributed by atoms with Gasteiger partial charge < -0.3 is 5.73 Å². The van der Waals surface area contributed by atoms with Gasteiger partial charge in [0.05, 0.1) is 0 Å². The van der Waals surface area contributed by atoms with E-state index in [1.165, 1.54) is 15.3 Å². The summed E-state index contributed by atoms with van der Waals surface area (Å²) in [7, 11) is 0. The van der Waals surface area contributed by atoms with E-state index >= 15 is 0 Å². The van der Waals surface area contributed by atoms with Crippen molar-refractivity contribution in [2.45, 2.75) is 44.2 Å². The Kier molecular flexibility index (Phi) is 4.75. The summed E-state index contributed by atoms with van der Waals surface area (Å²) < 4.78 is 0. The molecule has 102 valence electrons. The van der Waals surface area contributed by atoms with E-state index in [-0.39, 0.29) is 0 Å². The molecule has 0 radical (unpaired) electrons. The molecule has 2 rings (SSSR count). The van der Waals surface area contributed by atoms with Gasteiger partial charge in [-0.25, -0.2) is 0 Å². The quantitative estimate of drug-likeness (QED) is 0.924. The Morgan fingerprint density at radius 1 is 1.33 bits per heavy atom. The summed E-state index contributed by atoms with van der Waals surface area (Å²) in [6.07, 6.45) is 0. The highest BCUT2D eigenvalue weighted by Gasteiger charge is 2.29. The zero-order valence-corrected chi connectivity index (χ0v) is 13.4. The molecule has 1 aromatic rings. The number of rotatable bonds is 3. The molecule has 0 aromatic carbocycles. The van der Waals surface area contributed by atoms with Crippen molar-refractivity contribution < 1.29 is 0 Å². The zero-order chi connectivity index (χ0) is 13.3. The lowest BCUT2D eigenvalue weighted by molar-refractivity contribution is 0.199. The number of thiophene rings is 1. The molecule has 1 fully saturated rings. The van der Waals surface area contributed by atoms with E-state index in [1.54, 1.807) is 0 Å². The maximum Gasteiger partial charge on any atom is 0.0482 e. The second-order valence-electron chi connectivity index (χ2n) is 5.33. The van der Waals surface area contributed by atoms with Crippen LogP contribution < -0.4 is 5.73 Å². The minimum atomic E-state index is 0.403. The maximum atomic E-state index is 6.06. The van der Waals surface area contributed by atoms with E-state index in [4.69, 9.17) is 5.73 Å². The normalized spacial score (nSPS) is 27.4. The van der Waals surface area contributed by atoms with E-state index in [2.05, 4.69) is 50.4 Å². The number of nitrogens with two attached hydrogens (primary N) is 1. The summed E-state index contributed by atoms with van der Waals surface area (Å²) in [5.74, 6) is 0. The van der Waals surface area contributed by atoms with Gasteiger partial charge in [-0.15, -0.1) is 11.3 Å². The fourth-order valence-corrected chi connectivity index (χ4v) is 5.26. The molecule has 4 heteroatoms. The summed E-state index contributed by atoms with van der Waals surface area (Å²) in [6.45, 7) is 12.1. The Balaban J connectivity index is 2.20. The Bertz CT molecular complexity index is 392. The van der Waals surface area contributed by atoms with Gasteiger partial charge in [-0.2, -0.15) is 11.8 Å². The van der Waals surface area contributed by atoms with Crippen molar-refractivity contribution in [3.05, 3.63) is 21.4 Å². The van der Waals surface area contributed by atoms with Gasteiger partial charge >= 0.3 is 0 Å². The standard InChI is InChI=1S/C14H24N2S2/c1-9-5-13(12(4)18-9)14(6-15)16-7-10(2)17-11(3)8-16/h5,10-11,14H,6-8,15H2,1-4H3. The number of hydrogen-bond acceptors (Lipinski definition) is 4.